The van der Waals surface area contributed by atoms with Gasteiger partial charge in [0.05, 0.1) is 26.4 Å². The number of allylic oxidation sites excluding steroid dienone is 10. The molecule has 0 aromatic heterocycles. The summed E-state index contributed by atoms with van der Waals surface area (Å²) in [6, 6.07) is 0. The standard InChI is InChI=1S/C83H152O17P2/c1-5-9-13-17-21-25-29-33-36-38-41-45-48-52-56-60-64-68-81(86)94-73-78(99-82(87)69-65-61-57-53-49-43-32-28-24-20-16-12-8-4)75-97-101(89,90)95-71-77(84)72-96-102(91,92)98-76-79(74-93-80(85)67-63-59-55-51-47-44-40-35-31-27-23-19-15-11-7-3)100-83(88)70-66-62-58-54-50-46-42-39-37-34-30-26-22-18-14-10-6-2/h21,25,33,35-36,40-41,45,52,56,77-79,84H,5-20,22-24,26-32,34,37-39,42-44,46-51,53-55,57-76H2,1-4H3,(H,89,90)(H,91,92)/b25-21-,36-33-,40-35-,45-41-,56-52-/t77-,78-,79-/m1/s1. The second-order valence-electron chi connectivity index (χ2n) is 28.1. The van der Waals surface area contributed by atoms with Crippen molar-refractivity contribution in [3.8, 4) is 0 Å². The third-order valence-electron chi connectivity index (χ3n) is 18.0. The Bertz CT molecular complexity index is 2170. The maximum absolute atomic E-state index is 13.1. The summed E-state index contributed by atoms with van der Waals surface area (Å²) in [7, 11) is -9.95. The van der Waals surface area contributed by atoms with Gasteiger partial charge in [-0.2, -0.15) is 0 Å². The summed E-state index contributed by atoms with van der Waals surface area (Å²) < 4.78 is 68.6. The molecule has 19 heteroatoms. The molecule has 0 amide bonds. The van der Waals surface area contributed by atoms with E-state index in [1.54, 1.807) is 0 Å². The molecule has 0 bridgehead atoms. The van der Waals surface area contributed by atoms with Crippen molar-refractivity contribution in [1.29, 1.82) is 0 Å². The van der Waals surface area contributed by atoms with Gasteiger partial charge >= 0.3 is 39.5 Å². The van der Waals surface area contributed by atoms with E-state index < -0.39 is 97.5 Å². The van der Waals surface area contributed by atoms with Crippen LogP contribution < -0.4 is 0 Å². The number of esters is 4. The summed E-state index contributed by atoms with van der Waals surface area (Å²) in [4.78, 5) is 73.0. The molecule has 0 fully saturated rings. The molecule has 0 aromatic rings. The van der Waals surface area contributed by atoms with Crippen molar-refractivity contribution >= 4 is 39.5 Å². The van der Waals surface area contributed by atoms with Gasteiger partial charge in [0.2, 0.25) is 0 Å². The van der Waals surface area contributed by atoms with Crippen LogP contribution in [-0.4, -0.2) is 96.7 Å². The number of rotatable bonds is 79. The second kappa shape index (κ2) is 76.0. The molecular formula is C83H152O17P2. The van der Waals surface area contributed by atoms with E-state index in [-0.39, 0.29) is 25.7 Å². The number of hydrogen-bond donors (Lipinski definition) is 3. The minimum absolute atomic E-state index is 0.0896. The Labute approximate surface area is 622 Å². The average Bonchev–Trinajstić information content (AvgIpc) is 0.909. The molecule has 0 aliphatic heterocycles. The van der Waals surface area contributed by atoms with Crippen molar-refractivity contribution in [1.82, 2.24) is 0 Å². The van der Waals surface area contributed by atoms with Crippen LogP contribution in [-0.2, 0) is 65.4 Å². The zero-order chi connectivity index (χ0) is 74.6. The first-order chi connectivity index (χ1) is 49.7. The van der Waals surface area contributed by atoms with Gasteiger partial charge < -0.3 is 33.8 Å². The molecule has 2 unspecified atom stereocenters. The van der Waals surface area contributed by atoms with Gasteiger partial charge in [0.15, 0.2) is 12.2 Å². The maximum Gasteiger partial charge on any atom is 0.472 e. The van der Waals surface area contributed by atoms with Crippen molar-refractivity contribution in [2.45, 2.75) is 406 Å². The highest BCUT2D eigenvalue weighted by Crippen LogP contribution is 2.45. The summed E-state index contributed by atoms with van der Waals surface area (Å²) >= 11 is 0. The number of ether oxygens (including phenoxy) is 4. The molecule has 0 saturated carbocycles. The lowest BCUT2D eigenvalue weighted by atomic mass is 10.0. The van der Waals surface area contributed by atoms with Crippen LogP contribution in [0.2, 0.25) is 0 Å². The first-order valence-electron chi connectivity index (χ1n) is 41.5. The molecule has 0 spiro atoms. The van der Waals surface area contributed by atoms with E-state index in [0.717, 1.165) is 116 Å². The van der Waals surface area contributed by atoms with E-state index in [9.17, 15) is 43.2 Å². The van der Waals surface area contributed by atoms with Gasteiger partial charge in [-0.3, -0.25) is 37.3 Å². The largest absolute Gasteiger partial charge is 0.472 e. The number of aliphatic hydroxyl groups excluding tert-OH is 1. The molecule has 596 valence electrons. The van der Waals surface area contributed by atoms with Crippen LogP contribution in [0.15, 0.2) is 60.8 Å². The summed E-state index contributed by atoms with van der Waals surface area (Å²) in [6.45, 7) is 4.87. The molecule has 0 rings (SSSR count). The Morgan fingerprint density at radius 1 is 0.275 bits per heavy atom. The molecule has 0 saturated heterocycles. The Kier molecular flexibility index (Phi) is 73.6. The molecule has 0 aromatic carbocycles. The molecular weight excluding hydrogens is 1330 g/mol. The smallest absolute Gasteiger partial charge is 0.462 e. The van der Waals surface area contributed by atoms with Crippen LogP contribution in [0.5, 0.6) is 0 Å². The molecule has 3 N–H and O–H groups in total. The van der Waals surface area contributed by atoms with E-state index in [0.29, 0.717) is 32.1 Å². The molecule has 0 radical (unpaired) electrons. The monoisotopic (exact) mass is 1480 g/mol. The normalized spacial score (nSPS) is 14.1. The van der Waals surface area contributed by atoms with Crippen LogP contribution >= 0.6 is 15.6 Å². The Balaban J connectivity index is 5.35. The van der Waals surface area contributed by atoms with Gasteiger partial charge in [0.1, 0.15) is 19.3 Å². The third kappa shape index (κ3) is 75.0. The molecule has 0 aliphatic carbocycles. The first-order valence-corrected chi connectivity index (χ1v) is 44.5. The van der Waals surface area contributed by atoms with E-state index in [4.69, 9.17) is 37.0 Å². The fourth-order valence-electron chi connectivity index (χ4n) is 11.6. The third-order valence-corrected chi connectivity index (χ3v) is 19.9. The molecule has 5 atom stereocenters. The van der Waals surface area contributed by atoms with Crippen LogP contribution in [0.1, 0.15) is 387 Å². The minimum Gasteiger partial charge on any atom is -0.462 e. The predicted octanol–water partition coefficient (Wildman–Crippen LogP) is 24.2. The highest BCUT2D eigenvalue weighted by molar-refractivity contribution is 7.47. The van der Waals surface area contributed by atoms with Crippen molar-refractivity contribution in [3.05, 3.63) is 60.8 Å². The number of phosphoric ester groups is 2. The first kappa shape index (κ1) is 98.8. The summed E-state index contributed by atoms with van der Waals surface area (Å²) in [5.74, 6) is -2.21. The highest BCUT2D eigenvalue weighted by atomic mass is 31.2. The highest BCUT2D eigenvalue weighted by Gasteiger charge is 2.30. The second-order valence-corrected chi connectivity index (χ2v) is 31.0. The fraction of sp³-hybridized carbons (Fsp3) is 0.831. The van der Waals surface area contributed by atoms with Gasteiger partial charge in [0, 0.05) is 25.7 Å². The van der Waals surface area contributed by atoms with E-state index in [1.807, 2.05) is 12.2 Å². The Morgan fingerprint density at radius 3 is 0.804 bits per heavy atom. The lowest BCUT2D eigenvalue weighted by Gasteiger charge is -2.21. The quantitative estimate of drug-likeness (QED) is 0.0169. The molecule has 102 heavy (non-hydrogen) atoms. The average molecular weight is 1480 g/mol. The van der Waals surface area contributed by atoms with Gasteiger partial charge in [-0.1, -0.05) is 332 Å². The van der Waals surface area contributed by atoms with Crippen LogP contribution in [0, 0.1) is 0 Å². The summed E-state index contributed by atoms with van der Waals surface area (Å²) in [5, 5.41) is 10.6. The minimum atomic E-state index is -4.98. The van der Waals surface area contributed by atoms with Crippen LogP contribution in [0.3, 0.4) is 0 Å². The molecule has 17 nitrogen and oxygen atoms in total. The Hall–Kier alpha value is -3.24. The van der Waals surface area contributed by atoms with E-state index in [2.05, 4.69) is 76.3 Å². The van der Waals surface area contributed by atoms with Crippen molar-refractivity contribution in [2.24, 2.45) is 0 Å². The number of carbonyl (C=O) groups is 4. The van der Waals surface area contributed by atoms with Crippen LogP contribution in [0.4, 0.5) is 0 Å². The zero-order valence-corrected chi connectivity index (χ0v) is 67.1. The van der Waals surface area contributed by atoms with Crippen molar-refractivity contribution in [2.75, 3.05) is 39.6 Å². The number of carbonyl (C=O) groups excluding carboxylic acids is 4. The topological polar surface area (TPSA) is 237 Å². The molecule has 0 aliphatic rings. The number of aliphatic hydroxyl groups is 1. The fourth-order valence-corrected chi connectivity index (χ4v) is 13.2. The van der Waals surface area contributed by atoms with Crippen molar-refractivity contribution < 1.29 is 80.2 Å². The number of hydrogen-bond acceptors (Lipinski definition) is 15. The van der Waals surface area contributed by atoms with Crippen molar-refractivity contribution in [3.63, 3.8) is 0 Å². The Morgan fingerprint density at radius 2 is 0.490 bits per heavy atom. The number of phosphoric acid groups is 2. The SMILES string of the molecule is CCCCC/C=C\C/C=C\C/C=C\C/C=C\CCCC(=O)OC[C@H](COP(=O)(O)OC[C@@H](O)COP(=O)(O)OC[C@@H](COC(=O)CCCCCCC/C=C\CCCCCCCC)OC(=O)CCCCCCCCCCCCCCCCCCC)OC(=O)CCCCCCCCCCCCCCC. The van der Waals surface area contributed by atoms with E-state index >= 15 is 0 Å². The number of unbranched alkanes of at least 4 members (excludes halogenated alkanes) is 43. The van der Waals surface area contributed by atoms with Gasteiger partial charge in [0.25, 0.3) is 0 Å². The van der Waals surface area contributed by atoms with Gasteiger partial charge in [-0.15, -0.1) is 0 Å². The van der Waals surface area contributed by atoms with E-state index in [1.165, 1.54) is 186 Å². The predicted molar refractivity (Wildman–Crippen MR) is 418 cm³/mol. The van der Waals surface area contributed by atoms with Gasteiger partial charge in [-0.25, -0.2) is 9.13 Å². The van der Waals surface area contributed by atoms with Crippen LogP contribution in [0.25, 0.3) is 0 Å². The lowest BCUT2D eigenvalue weighted by Crippen LogP contribution is -2.30. The lowest BCUT2D eigenvalue weighted by molar-refractivity contribution is -0.161. The molecule has 0 heterocycles. The van der Waals surface area contributed by atoms with Gasteiger partial charge in [-0.05, 0) is 89.9 Å². The maximum atomic E-state index is 13.1. The summed E-state index contributed by atoms with van der Waals surface area (Å²) in [6.07, 6.45) is 76.2. The zero-order valence-electron chi connectivity index (χ0n) is 65.3. The summed E-state index contributed by atoms with van der Waals surface area (Å²) in [5.41, 5.74) is 0.